The molecular formula is C17H33NO. The van der Waals surface area contributed by atoms with Crippen molar-refractivity contribution in [2.45, 2.75) is 83.8 Å². The predicted octanol–water partition coefficient (Wildman–Crippen LogP) is 4.14. The average Bonchev–Trinajstić information content (AvgIpc) is 2.30. The van der Waals surface area contributed by atoms with E-state index < -0.39 is 0 Å². The van der Waals surface area contributed by atoms with E-state index in [2.05, 4.69) is 26.1 Å². The Morgan fingerprint density at radius 2 is 1.74 bits per heavy atom. The van der Waals surface area contributed by atoms with E-state index in [1.165, 1.54) is 51.4 Å². The van der Waals surface area contributed by atoms with Gasteiger partial charge in [-0.3, -0.25) is 0 Å². The topological polar surface area (TPSA) is 21.3 Å². The van der Waals surface area contributed by atoms with Gasteiger partial charge in [-0.2, -0.15) is 0 Å². The fourth-order valence-corrected chi connectivity index (χ4v) is 3.94. The molecule has 0 aliphatic heterocycles. The molecule has 19 heavy (non-hydrogen) atoms. The highest BCUT2D eigenvalue weighted by Crippen LogP contribution is 2.42. The van der Waals surface area contributed by atoms with Gasteiger partial charge in [-0.1, -0.05) is 20.8 Å². The van der Waals surface area contributed by atoms with Gasteiger partial charge in [0.15, 0.2) is 0 Å². The summed E-state index contributed by atoms with van der Waals surface area (Å²) in [6, 6.07) is 0. The Kier molecular flexibility index (Phi) is 5.70. The summed E-state index contributed by atoms with van der Waals surface area (Å²) < 4.78 is 6.60. The quantitative estimate of drug-likeness (QED) is 0.700. The summed E-state index contributed by atoms with van der Waals surface area (Å²) in [7, 11) is 0. The lowest BCUT2D eigenvalue weighted by atomic mass is 9.76. The summed E-state index contributed by atoms with van der Waals surface area (Å²) in [5.74, 6) is 1.70. The standard InChI is InChI=1S/C17H33NO/c1-4-9-18-10-8-17(6-5-7-17)19-16-12-14(2)11-15(3)13-16/h14-16,18H,4-13H2,1-3H3. The molecule has 0 aromatic carbocycles. The maximum absolute atomic E-state index is 6.60. The minimum atomic E-state index is 0.238. The van der Waals surface area contributed by atoms with Crippen molar-refractivity contribution < 1.29 is 4.74 Å². The largest absolute Gasteiger partial charge is 0.372 e. The van der Waals surface area contributed by atoms with Gasteiger partial charge in [-0.05, 0) is 76.3 Å². The third kappa shape index (κ3) is 4.46. The number of nitrogens with one attached hydrogen (secondary N) is 1. The van der Waals surface area contributed by atoms with Crippen molar-refractivity contribution in [3.8, 4) is 0 Å². The molecule has 2 atom stereocenters. The van der Waals surface area contributed by atoms with E-state index in [-0.39, 0.29) is 5.60 Å². The first-order valence-electron chi connectivity index (χ1n) is 8.52. The van der Waals surface area contributed by atoms with Crippen LogP contribution in [0.5, 0.6) is 0 Å². The van der Waals surface area contributed by atoms with Crippen LogP contribution in [0.1, 0.15) is 72.1 Å². The Morgan fingerprint density at radius 1 is 1.05 bits per heavy atom. The molecule has 0 aromatic rings. The summed E-state index contributed by atoms with van der Waals surface area (Å²) in [5.41, 5.74) is 0.238. The van der Waals surface area contributed by atoms with Gasteiger partial charge in [0.1, 0.15) is 0 Å². The van der Waals surface area contributed by atoms with Gasteiger partial charge < -0.3 is 10.1 Å². The van der Waals surface area contributed by atoms with Crippen molar-refractivity contribution in [2.75, 3.05) is 13.1 Å². The predicted molar refractivity (Wildman–Crippen MR) is 81.4 cm³/mol. The molecule has 0 radical (unpaired) electrons. The Morgan fingerprint density at radius 3 is 2.26 bits per heavy atom. The Hall–Kier alpha value is -0.0800. The van der Waals surface area contributed by atoms with Crippen molar-refractivity contribution in [3.63, 3.8) is 0 Å². The van der Waals surface area contributed by atoms with E-state index in [1.54, 1.807) is 0 Å². The van der Waals surface area contributed by atoms with Crippen molar-refractivity contribution in [2.24, 2.45) is 11.8 Å². The van der Waals surface area contributed by atoms with E-state index in [1.807, 2.05) is 0 Å². The maximum Gasteiger partial charge on any atom is 0.0698 e. The van der Waals surface area contributed by atoms with Crippen LogP contribution in [-0.4, -0.2) is 24.8 Å². The van der Waals surface area contributed by atoms with Crippen LogP contribution < -0.4 is 5.32 Å². The molecule has 0 saturated heterocycles. The molecule has 0 bridgehead atoms. The van der Waals surface area contributed by atoms with Crippen LogP contribution in [0.4, 0.5) is 0 Å². The van der Waals surface area contributed by atoms with E-state index in [0.717, 1.165) is 24.9 Å². The summed E-state index contributed by atoms with van der Waals surface area (Å²) in [6.07, 6.45) is 10.9. The highest BCUT2D eigenvalue weighted by atomic mass is 16.5. The minimum Gasteiger partial charge on any atom is -0.372 e. The van der Waals surface area contributed by atoms with Crippen molar-refractivity contribution in [1.82, 2.24) is 5.32 Å². The molecule has 112 valence electrons. The molecule has 2 unspecified atom stereocenters. The number of hydrogen-bond donors (Lipinski definition) is 1. The van der Waals surface area contributed by atoms with Crippen molar-refractivity contribution in [3.05, 3.63) is 0 Å². The third-order valence-electron chi connectivity index (χ3n) is 5.00. The second-order valence-corrected chi connectivity index (χ2v) is 7.19. The van der Waals surface area contributed by atoms with E-state index >= 15 is 0 Å². The van der Waals surface area contributed by atoms with Crippen LogP contribution in [0, 0.1) is 11.8 Å². The van der Waals surface area contributed by atoms with E-state index in [9.17, 15) is 0 Å². The van der Waals surface area contributed by atoms with Crippen molar-refractivity contribution in [1.29, 1.82) is 0 Å². The number of hydrogen-bond acceptors (Lipinski definition) is 2. The van der Waals surface area contributed by atoms with Crippen LogP contribution in [0.3, 0.4) is 0 Å². The molecule has 0 aromatic heterocycles. The van der Waals surface area contributed by atoms with Crippen molar-refractivity contribution >= 4 is 0 Å². The number of rotatable bonds is 7. The molecule has 2 aliphatic carbocycles. The lowest BCUT2D eigenvalue weighted by Gasteiger charge is -2.46. The molecular weight excluding hydrogens is 234 g/mol. The van der Waals surface area contributed by atoms with Gasteiger partial charge in [-0.15, -0.1) is 0 Å². The lowest BCUT2D eigenvalue weighted by Crippen LogP contribution is -2.46. The second-order valence-electron chi connectivity index (χ2n) is 7.19. The summed E-state index contributed by atoms with van der Waals surface area (Å²) in [6.45, 7) is 9.29. The first-order chi connectivity index (χ1) is 9.13. The normalized spacial score (nSPS) is 33.9. The van der Waals surface area contributed by atoms with Crippen LogP contribution in [0.2, 0.25) is 0 Å². The number of ether oxygens (including phenoxy) is 1. The van der Waals surface area contributed by atoms with E-state index in [0.29, 0.717) is 6.10 Å². The molecule has 2 heteroatoms. The fourth-order valence-electron chi connectivity index (χ4n) is 3.94. The van der Waals surface area contributed by atoms with Gasteiger partial charge in [0.2, 0.25) is 0 Å². The highest BCUT2D eigenvalue weighted by molar-refractivity contribution is 4.92. The zero-order valence-electron chi connectivity index (χ0n) is 13.2. The van der Waals surface area contributed by atoms with Crippen LogP contribution in [0.25, 0.3) is 0 Å². The molecule has 0 spiro atoms. The van der Waals surface area contributed by atoms with Crippen LogP contribution >= 0.6 is 0 Å². The molecule has 2 saturated carbocycles. The monoisotopic (exact) mass is 267 g/mol. The lowest BCUT2D eigenvalue weighted by molar-refractivity contribution is -0.159. The van der Waals surface area contributed by atoms with Gasteiger partial charge >= 0.3 is 0 Å². The fraction of sp³-hybridized carbons (Fsp3) is 1.00. The first kappa shape index (κ1) is 15.3. The summed E-state index contributed by atoms with van der Waals surface area (Å²) >= 11 is 0. The minimum absolute atomic E-state index is 0.238. The summed E-state index contributed by atoms with van der Waals surface area (Å²) in [5, 5.41) is 3.53. The van der Waals surface area contributed by atoms with Crippen LogP contribution in [-0.2, 0) is 4.74 Å². The Labute approximate surface area is 119 Å². The van der Waals surface area contributed by atoms with E-state index in [4.69, 9.17) is 4.74 Å². The second kappa shape index (κ2) is 7.08. The maximum atomic E-state index is 6.60. The molecule has 2 aliphatic rings. The molecule has 2 nitrogen and oxygen atoms in total. The Bertz CT molecular complexity index is 252. The average molecular weight is 267 g/mol. The molecule has 1 N–H and O–H groups in total. The zero-order valence-corrected chi connectivity index (χ0v) is 13.2. The smallest absolute Gasteiger partial charge is 0.0698 e. The molecule has 0 amide bonds. The SMILES string of the molecule is CCCNCCC1(OC2CC(C)CC(C)C2)CCC1. The van der Waals surface area contributed by atoms with Gasteiger partial charge in [0.05, 0.1) is 11.7 Å². The van der Waals surface area contributed by atoms with Gasteiger partial charge in [0.25, 0.3) is 0 Å². The Balaban J connectivity index is 1.77. The van der Waals surface area contributed by atoms with Gasteiger partial charge in [0, 0.05) is 0 Å². The molecule has 2 rings (SSSR count). The first-order valence-corrected chi connectivity index (χ1v) is 8.52. The molecule has 2 fully saturated rings. The highest BCUT2D eigenvalue weighted by Gasteiger charge is 2.40. The van der Waals surface area contributed by atoms with Gasteiger partial charge in [-0.25, -0.2) is 0 Å². The third-order valence-corrected chi connectivity index (χ3v) is 5.00. The van der Waals surface area contributed by atoms with Crippen LogP contribution in [0.15, 0.2) is 0 Å². The zero-order chi connectivity index (χ0) is 13.7. The molecule has 0 heterocycles. The summed E-state index contributed by atoms with van der Waals surface area (Å²) in [4.78, 5) is 0.